The molecule has 17 heavy (non-hydrogen) atoms. The molecule has 0 saturated carbocycles. The highest BCUT2D eigenvalue weighted by Gasteiger charge is 2.12. The summed E-state index contributed by atoms with van der Waals surface area (Å²) in [5.41, 5.74) is 0.427. The van der Waals surface area contributed by atoms with Gasteiger partial charge < -0.3 is 20.2 Å². The van der Waals surface area contributed by atoms with Crippen LogP contribution in [-0.2, 0) is 4.74 Å². The lowest BCUT2D eigenvalue weighted by Gasteiger charge is -2.06. The van der Waals surface area contributed by atoms with E-state index in [9.17, 15) is 10.1 Å². The first kappa shape index (κ1) is 13.4. The van der Waals surface area contributed by atoms with Gasteiger partial charge in [-0.25, -0.2) is 0 Å². The summed E-state index contributed by atoms with van der Waals surface area (Å²) in [6, 6.07) is 3.30. The number of hydrogen-bond acceptors (Lipinski definition) is 5. The summed E-state index contributed by atoms with van der Waals surface area (Å²) < 4.78 is 5.34. The Kier molecular flexibility index (Phi) is 5.95. The summed E-state index contributed by atoms with van der Waals surface area (Å²) in [6.45, 7) is 3.90. The van der Waals surface area contributed by atoms with Crippen molar-refractivity contribution in [3.8, 4) is 0 Å². The molecule has 0 aliphatic carbocycles. The van der Waals surface area contributed by atoms with Crippen molar-refractivity contribution in [2.24, 2.45) is 0 Å². The average Bonchev–Trinajstić information content (AvgIpc) is 2.34. The molecule has 6 heteroatoms. The molecule has 0 fully saturated rings. The third-order valence-electron chi connectivity index (χ3n) is 2.16. The van der Waals surface area contributed by atoms with E-state index in [0.717, 1.165) is 19.4 Å². The molecule has 0 spiro atoms. The molecule has 0 aliphatic rings. The molecule has 1 aromatic heterocycles. The number of hydrogen-bond donors (Lipinski definition) is 1. The fraction of sp³-hybridized carbons (Fsp3) is 0.545. The van der Waals surface area contributed by atoms with Crippen molar-refractivity contribution in [2.75, 3.05) is 25.1 Å². The molecule has 0 saturated heterocycles. The maximum Gasteiger partial charge on any atom is 0.386 e. The quantitative estimate of drug-likeness (QED) is 0.427. The summed E-state index contributed by atoms with van der Waals surface area (Å²) in [5.74, 6) is -0.152. The number of ether oxygens (including phenoxy) is 1. The van der Waals surface area contributed by atoms with Crippen molar-refractivity contribution >= 4 is 11.5 Å². The lowest BCUT2D eigenvalue weighted by molar-refractivity contribution is -0.388. The van der Waals surface area contributed by atoms with Crippen molar-refractivity contribution < 1.29 is 9.66 Å². The first-order chi connectivity index (χ1) is 8.25. The van der Waals surface area contributed by atoms with Crippen molar-refractivity contribution in [3.63, 3.8) is 0 Å². The van der Waals surface area contributed by atoms with Crippen LogP contribution in [0.15, 0.2) is 18.3 Å². The predicted octanol–water partition coefficient (Wildman–Crippen LogP) is 2.22. The van der Waals surface area contributed by atoms with Gasteiger partial charge in [0.25, 0.3) is 0 Å². The second kappa shape index (κ2) is 7.56. The zero-order chi connectivity index (χ0) is 12.5. The minimum atomic E-state index is -0.500. The predicted molar refractivity (Wildman–Crippen MR) is 65.1 cm³/mol. The Morgan fingerprint density at radius 3 is 3.06 bits per heavy atom. The van der Waals surface area contributed by atoms with Gasteiger partial charge >= 0.3 is 5.82 Å². The van der Waals surface area contributed by atoms with E-state index in [-0.39, 0.29) is 5.82 Å². The van der Waals surface area contributed by atoms with Gasteiger partial charge in [0, 0.05) is 13.2 Å². The molecule has 1 N–H and O–H groups in total. The number of pyridine rings is 1. The van der Waals surface area contributed by atoms with Crippen LogP contribution >= 0.6 is 0 Å². The molecule has 0 radical (unpaired) electrons. The fourth-order valence-electron chi connectivity index (χ4n) is 1.29. The van der Waals surface area contributed by atoms with Crippen LogP contribution in [-0.4, -0.2) is 29.7 Å². The van der Waals surface area contributed by atoms with E-state index in [1.165, 1.54) is 6.20 Å². The van der Waals surface area contributed by atoms with E-state index < -0.39 is 4.92 Å². The summed E-state index contributed by atoms with van der Waals surface area (Å²) in [7, 11) is 0. The van der Waals surface area contributed by atoms with Crippen molar-refractivity contribution in [3.05, 3.63) is 28.4 Å². The fourth-order valence-corrected chi connectivity index (χ4v) is 1.29. The van der Waals surface area contributed by atoms with Crippen molar-refractivity contribution in [1.29, 1.82) is 0 Å². The minimum Gasteiger partial charge on any atom is -0.380 e. The van der Waals surface area contributed by atoms with Gasteiger partial charge in [-0.05, 0) is 28.5 Å². The molecule has 1 aromatic rings. The molecule has 6 nitrogen and oxygen atoms in total. The first-order valence-corrected chi connectivity index (χ1v) is 5.66. The Balaban J connectivity index is 2.34. The third-order valence-corrected chi connectivity index (χ3v) is 2.16. The minimum absolute atomic E-state index is 0.152. The van der Waals surface area contributed by atoms with Gasteiger partial charge in [0.1, 0.15) is 11.9 Å². The van der Waals surface area contributed by atoms with Gasteiger partial charge in [0.15, 0.2) is 0 Å². The Morgan fingerprint density at radius 2 is 2.35 bits per heavy atom. The zero-order valence-electron chi connectivity index (χ0n) is 9.89. The first-order valence-electron chi connectivity index (χ1n) is 5.66. The number of aromatic nitrogens is 1. The molecular weight excluding hydrogens is 222 g/mol. The van der Waals surface area contributed by atoms with Crippen LogP contribution in [0.25, 0.3) is 0 Å². The Morgan fingerprint density at radius 1 is 1.53 bits per heavy atom. The number of rotatable bonds is 8. The number of nitro groups is 1. The SMILES string of the molecule is CCCCOCCNc1cccnc1[N+](=O)[O-]. The molecule has 1 rings (SSSR count). The summed E-state index contributed by atoms with van der Waals surface area (Å²) in [4.78, 5) is 13.9. The van der Waals surface area contributed by atoms with Crippen LogP contribution < -0.4 is 5.32 Å². The van der Waals surface area contributed by atoms with Crippen molar-refractivity contribution in [2.45, 2.75) is 19.8 Å². The standard InChI is InChI=1S/C11H17N3O3/c1-2-3-8-17-9-7-12-10-5-4-6-13-11(10)14(15)16/h4-6,12H,2-3,7-9H2,1H3. The average molecular weight is 239 g/mol. The van der Waals surface area contributed by atoms with Crippen LogP contribution in [0.4, 0.5) is 11.5 Å². The topological polar surface area (TPSA) is 77.3 Å². The lowest BCUT2D eigenvalue weighted by atomic mass is 10.3. The van der Waals surface area contributed by atoms with Gasteiger partial charge in [-0.1, -0.05) is 13.3 Å². The Hall–Kier alpha value is -1.69. The highest BCUT2D eigenvalue weighted by atomic mass is 16.6. The molecule has 0 unspecified atom stereocenters. The van der Waals surface area contributed by atoms with Crippen molar-refractivity contribution in [1.82, 2.24) is 4.98 Å². The molecule has 1 heterocycles. The van der Waals surface area contributed by atoms with Gasteiger partial charge in [0.2, 0.25) is 0 Å². The number of nitrogens with zero attached hydrogens (tertiary/aromatic N) is 2. The van der Waals surface area contributed by atoms with Gasteiger partial charge in [-0.15, -0.1) is 0 Å². The van der Waals surface area contributed by atoms with E-state index >= 15 is 0 Å². The molecule has 94 valence electrons. The van der Waals surface area contributed by atoms with E-state index in [2.05, 4.69) is 17.2 Å². The van der Waals surface area contributed by atoms with Crippen LogP contribution in [0.5, 0.6) is 0 Å². The van der Waals surface area contributed by atoms with E-state index in [1.54, 1.807) is 12.1 Å². The Labute approximate surface area is 100 Å². The Bertz CT molecular complexity index is 358. The molecule has 0 bridgehead atoms. The highest BCUT2D eigenvalue weighted by molar-refractivity contribution is 5.56. The van der Waals surface area contributed by atoms with Crippen LogP contribution in [0.1, 0.15) is 19.8 Å². The van der Waals surface area contributed by atoms with Crippen LogP contribution in [0.3, 0.4) is 0 Å². The van der Waals surface area contributed by atoms with Gasteiger partial charge in [0.05, 0.1) is 6.61 Å². The molecule has 0 atom stereocenters. The lowest BCUT2D eigenvalue weighted by Crippen LogP contribution is -2.11. The maximum atomic E-state index is 10.7. The van der Waals surface area contributed by atoms with Gasteiger partial charge in [-0.3, -0.25) is 0 Å². The van der Waals surface area contributed by atoms with E-state index in [1.807, 2.05) is 0 Å². The molecule has 0 amide bonds. The van der Waals surface area contributed by atoms with Crippen LogP contribution in [0.2, 0.25) is 0 Å². The largest absolute Gasteiger partial charge is 0.386 e. The monoisotopic (exact) mass is 239 g/mol. The highest BCUT2D eigenvalue weighted by Crippen LogP contribution is 2.19. The molecule has 0 aliphatic heterocycles. The van der Waals surface area contributed by atoms with Crippen LogP contribution in [0, 0.1) is 10.1 Å². The molecule has 0 aromatic carbocycles. The molecular formula is C11H17N3O3. The zero-order valence-corrected chi connectivity index (χ0v) is 9.89. The van der Waals surface area contributed by atoms with E-state index in [0.29, 0.717) is 18.8 Å². The maximum absolute atomic E-state index is 10.7. The van der Waals surface area contributed by atoms with E-state index in [4.69, 9.17) is 4.74 Å². The second-order valence-electron chi connectivity index (χ2n) is 3.52. The summed E-state index contributed by atoms with van der Waals surface area (Å²) in [5, 5.41) is 13.6. The smallest absolute Gasteiger partial charge is 0.380 e. The number of nitrogens with one attached hydrogen (secondary N) is 1. The second-order valence-corrected chi connectivity index (χ2v) is 3.52. The van der Waals surface area contributed by atoms with Gasteiger partial charge in [-0.2, -0.15) is 0 Å². The normalized spacial score (nSPS) is 10.2. The number of anilines is 1. The number of unbranched alkanes of at least 4 members (excludes halogenated alkanes) is 1. The third kappa shape index (κ3) is 4.78. The summed E-state index contributed by atoms with van der Waals surface area (Å²) in [6.07, 6.45) is 3.54. The summed E-state index contributed by atoms with van der Waals surface area (Å²) >= 11 is 0.